The fourth-order valence-corrected chi connectivity index (χ4v) is 6.59. The third-order valence-corrected chi connectivity index (χ3v) is 8.73. The van der Waals surface area contributed by atoms with Gasteiger partial charge in [-0.2, -0.15) is 0 Å². The SMILES string of the molecule is C=NC(=N\C=C/C=C\C=C\C)c1ccc(-n2c3ccccc3c3cc(-c4ccc5c(c4)oc4ccccc45)ccc32)c2ccccc12. The van der Waals surface area contributed by atoms with E-state index in [1.807, 2.05) is 49.4 Å². The van der Waals surface area contributed by atoms with Gasteiger partial charge in [-0.1, -0.05) is 97.1 Å². The van der Waals surface area contributed by atoms with Gasteiger partial charge in [0.15, 0.2) is 5.84 Å². The molecule has 0 spiro atoms. The van der Waals surface area contributed by atoms with Gasteiger partial charge in [0.25, 0.3) is 0 Å². The van der Waals surface area contributed by atoms with Crippen molar-refractivity contribution in [1.82, 2.24) is 4.57 Å². The number of aliphatic imine (C=N–C) groups is 2. The molecule has 0 bridgehead atoms. The van der Waals surface area contributed by atoms with Crippen LogP contribution in [0, 0.1) is 0 Å². The van der Waals surface area contributed by atoms with Gasteiger partial charge >= 0.3 is 0 Å². The normalized spacial score (nSPS) is 12.7. The zero-order chi connectivity index (χ0) is 31.7. The number of fused-ring (bicyclic) bond motifs is 7. The number of aromatic nitrogens is 1. The molecule has 0 radical (unpaired) electrons. The van der Waals surface area contributed by atoms with Crippen molar-refractivity contribution >= 4 is 67.1 Å². The van der Waals surface area contributed by atoms with Gasteiger partial charge < -0.3 is 8.98 Å². The van der Waals surface area contributed by atoms with Crippen LogP contribution < -0.4 is 0 Å². The lowest BCUT2D eigenvalue weighted by atomic mass is 10.0. The molecule has 4 heteroatoms. The van der Waals surface area contributed by atoms with Crippen molar-refractivity contribution in [1.29, 1.82) is 0 Å². The summed E-state index contributed by atoms with van der Waals surface area (Å²) in [4.78, 5) is 8.94. The zero-order valence-electron chi connectivity index (χ0n) is 26.0. The lowest BCUT2D eigenvalue weighted by molar-refractivity contribution is 0.669. The van der Waals surface area contributed by atoms with Crippen LogP contribution in [-0.2, 0) is 0 Å². The van der Waals surface area contributed by atoms with Crippen LogP contribution in [0.5, 0.6) is 0 Å². The number of rotatable bonds is 6. The van der Waals surface area contributed by atoms with E-state index in [9.17, 15) is 0 Å². The summed E-state index contributed by atoms with van der Waals surface area (Å²) in [5, 5.41) is 6.85. The molecule has 0 atom stereocenters. The third kappa shape index (κ3) is 4.88. The molecule has 2 heterocycles. The Bertz CT molecular complexity index is 2610. The van der Waals surface area contributed by atoms with Gasteiger partial charge in [-0.3, -0.25) is 0 Å². The van der Waals surface area contributed by atoms with Crippen molar-refractivity contribution < 1.29 is 4.42 Å². The molecule has 0 saturated carbocycles. The van der Waals surface area contributed by atoms with Crippen LogP contribution >= 0.6 is 0 Å². The van der Waals surface area contributed by atoms with E-state index in [2.05, 4.69) is 130 Å². The minimum absolute atomic E-state index is 0.580. The minimum atomic E-state index is 0.580. The molecule has 2 aromatic heterocycles. The maximum Gasteiger partial charge on any atom is 0.159 e. The van der Waals surface area contributed by atoms with E-state index < -0.39 is 0 Å². The predicted molar refractivity (Wildman–Crippen MR) is 200 cm³/mol. The van der Waals surface area contributed by atoms with Crippen molar-refractivity contribution in [2.45, 2.75) is 6.92 Å². The van der Waals surface area contributed by atoms with Crippen molar-refractivity contribution in [2.24, 2.45) is 9.98 Å². The molecule has 0 amide bonds. The Morgan fingerprint density at radius 2 is 1.28 bits per heavy atom. The molecule has 8 aromatic rings. The molecule has 0 N–H and O–H groups in total. The monoisotopic (exact) mass is 605 g/mol. The molecular weight excluding hydrogens is 574 g/mol. The van der Waals surface area contributed by atoms with E-state index in [1.165, 1.54) is 10.8 Å². The molecule has 8 rings (SSSR count). The van der Waals surface area contributed by atoms with Gasteiger partial charge in [-0.05, 0) is 84.8 Å². The van der Waals surface area contributed by atoms with Gasteiger partial charge in [-0.15, -0.1) is 0 Å². The number of allylic oxidation sites excluding steroid dienone is 5. The predicted octanol–water partition coefficient (Wildman–Crippen LogP) is 11.6. The standard InChI is InChI=1S/C43H31N3O/c1-3-4-5-6-13-26-45-43(44-2)36-23-25-39(32-15-8-7-14-31(32)36)46-38-18-11-9-16-33(38)37-27-29(21-24-40(37)46)30-20-22-35-34-17-10-12-19-41(34)47-42(35)28-30/h3-28H,2H2,1H3/b4-3+,6-5-,26-13-,45-43?. The van der Waals surface area contributed by atoms with E-state index in [-0.39, 0.29) is 0 Å². The second kappa shape index (κ2) is 11.9. The molecule has 0 fully saturated rings. The summed E-state index contributed by atoms with van der Waals surface area (Å²) in [6.07, 6.45) is 11.5. The fraction of sp³-hybridized carbons (Fsp3) is 0.0233. The molecule has 4 nitrogen and oxygen atoms in total. The van der Waals surface area contributed by atoms with Crippen LogP contribution in [0.1, 0.15) is 12.5 Å². The summed E-state index contributed by atoms with van der Waals surface area (Å²) in [5.41, 5.74) is 8.41. The Balaban J connectivity index is 1.27. The first-order valence-corrected chi connectivity index (χ1v) is 15.7. The maximum atomic E-state index is 6.22. The van der Waals surface area contributed by atoms with Gasteiger partial charge in [-0.25, -0.2) is 9.98 Å². The van der Waals surface area contributed by atoms with Crippen LogP contribution in [0.3, 0.4) is 0 Å². The van der Waals surface area contributed by atoms with Gasteiger partial charge in [0.1, 0.15) is 11.2 Å². The lowest BCUT2D eigenvalue weighted by Crippen LogP contribution is -2.01. The van der Waals surface area contributed by atoms with E-state index >= 15 is 0 Å². The molecule has 6 aromatic carbocycles. The number of hydrogen-bond acceptors (Lipinski definition) is 2. The highest BCUT2D eigenvalue weighted by Gasteiger charge is 2.17. The largest absolute Gasteiger partial charge is 0.456 e. The molecular formula is C43H31N3O. The second-order valence-corrected chi connectivity index (χ2v) is 11.4. The van der Waals surface area contributed by atoms with Crippen molar-refractivity contribution in [2.75, 3.05) is 0 Å². The number of para-hydroxylation sites is 2. The lowest BCUT2D eigenvalue weighted by Gasteiger charge is -2.14. The molecule has 0 unspecified atom stereocenters. The average Bonchev–Trinajstić information content (AvgIpc) is 3.66. The Morgan fingerprint density at radius 1 is 0.596 bits per heavy atom. The molecule has 0 aliphatic rings. The molecule has 0 aliphatic carbocycles. The maximum absolute atomic E-state index is 6.22. The van der Waals surface area contributed by atoms with Gasteiger partial charge in [0, 0.05) is 38.7 Å². The number of furan rings is 1. The summed E-state index contributed by atoms with van der Waals surface area (Å²) in [5.74, 6) is 0.580. The smallest absolute Gasteiger partial charge is 0.159 e. The van der Waals surface area contributed by atoms with E-state index in [4.69, 9.17) is 4.42 Å². The Kier molecular flexibility index (Phi) is 7.16. The number of amidine groups is 1. The summed E-state index contributed by atoms with van der Waals surface area (Å²) < 4.78 is 8.59. The van der Waals surface area contributed by atoms with Gasteiger partial charge in [0.2, 0.25) is 0 Å². The first kappa shape index (κ1) is 28.2. The van der Waals surface area contributed by atoms with Crippen molar-refractivity contribution in [3.8, 4) is 16.8 Å². The van der Waals surface area contributed by atoms with Crippen LogP contribution in [0.25, 0.3) is 71.3 Å². The highest BCUT2D eigenvalue weighted by molar-refractivity contribution is 6.15. The minimum Gasteiger partial charge on any atom is -0.456 e. The van der Waals surface area contributed by atoms with Crippen molar-refractivity contribution in [3.63, 3.8) is 0 Å². The number of benzene rings is 6. The Morgan fingerprint density at radius 3 is 2.13 bits per heavy atom. The molecule has 0 aliphatic heterocycles. The summed E-state index contributed by atoms with van der Waals surface area (Å²) >= 11 is 0. The third-order valence-electron chi connectivity index (χ3n) is 8.73. The van der Waals surface area contributed by atoms with Crippen LogP contribution in [0.2, 0.25) is 0 Å². The molecule has 0 saturated heterocycles. The van der Waals surface area contributed by atoms with Crippen LogP contribution in [0.4, 0.5) is 0 Å². The van der Waals surface area contributed by atoms with Crippen molar-refractivity contribution in [3.05, 3.63) is 163 Å². The highest BCUT2D eigenvalue weighted by Crippen LogP contribution is 2.38. The van der Waals surface area contributed by atoms with Crippen LogP contribution in [-0.4, -0.2) is 17.1 Å². The summed E-state index contributed by atoms with van der Waals surface area (Å²) in [6, 6.07) is 42.8. The number of nitrogens with zero attached hydrogens (tertiary/aromatic N) is 3. The average molecular weight is 606 g/mol. The van der Waals surface area contributed by atoms with E-state index in [0.717, 1.165) is 66.1 Å². The first-order valence-electron chi connectivity index (χ1n) is 15.7. The van der Waals surface area contributed by atoms with E-state index in [0.29, 0.717) is 5.84 Å². The quantitative estimate of drug-likeness (QED) is 0.106. The molecule has 47 heavy (non-hydrogen) atoms. The number of hydrogen-bond donors (Lipinski definition) is 0. The zero-order valence-corrected chi connectivity index (χ0v) is 26.0. The highest BCUT2D eigenvalue weighted by atomic mass is 16.3. The van der Waals surface area contributed by atoms with Gasteiger partial charge in [0.05, 0.1) is 16.7 Å². The fourth-order valence-electron chi connectivity index (χ4n) is 6.59. The summed E-state index contributed by atoms with van der Waals surface area (Å²) in [7, 11) is 0. The topological polar surface area (TPSA) is 42.8 Å². The van der Waals surface area contributed by atoms with Crippen LogP contribution in [0.15, 0.2) is 172 Å². The summed E-state index contributed by atoms with van der Waals surface area (Å²) in [6.45, 7) is 5.82. The second-order valence-electron chi connectivity index (χ2n) is 11.4. The molecule has 224 valence electrons. The first-order chi connectivity index (χ1) is 23.2. The Labute approximate surface area is 272 Å². The van der Waals surface area contributed by atoms with E-state index in [1.54, 1.807) is 6.20 Å². The Hall–Kier alpha value is -6.26.